The van der Waals surface area contributed by atoms with Crippen LogP contribution in [0.3, 0.4) is 0 Å². The van der Waals surface area contributed by atoms with Gasteiger partial charge >= 0.3 is 0 Å². The van der Waals surface area contributed by atoms with Crippen LogP contribution >= 0.6 is 0 Å². The van der Waals surface area contributed by atoms with E-state index in [1.54, 1.807) is 0 Å². The average molecular weight is 276 g/mol. The summed E-state index contributed by atoms with van der Waals surface area (Å²) < 4.78 is 5.79. The first-order valence-corrected chi connectivity index (χ1v) is 8.06. The number of rotatable bonds is 5. The van der Waals surface area contributed by atoms with E-state index in [0.29, 0.717) is 5.92 Å². The fourth-order valence-electron chi connectivity index (χ4n) is 3.31. The Morgan fingerprint density at radius 2 is 1.75 bits per heavy atom. The van der Waals surface area contributed by atoms with Crippen LogP contribution in [0.2, 0.25) is 0 Å². The van der Waals surface area contributed by atoms with Gasteiger partial charge in [0.15, 0.2) is 0 Å². The van der Waals surface area contributed by atoms with Gasteiger partial charge in [0.05, 0.1) is 6.10 Å². The van der Waals surface area contributed by atoms with Crippen molar-refractivity contribution in [2.45, 2.75) is 65.6 Å². The highest BCUT2D eigenvalue weighted by Crippen LogP contribution is 2.35. The number of aliphatic hydroxyl groups is 1. The largest absolute Gasteiger partial charge is 0.386 e. The molecule has 0 aliphatic carbocycles. The van der Waals surface area contributed by atoms with Crippen molar-refractivity contribution in [3.05, 3.63) is 34.4 Å². The van der Waals surface area contributed by atoms with Gasteiger partial charge in [-0.15, -0.1) is 0 Å². The van der Waals surface area contributed by atoms with E-state index in [1.165, 1.54) is 16.7 Å². The van der Waals surface area contributed by atoms with Crippen LogP contribution in [0.4, 0.5) is 0 Å². The van der Waals surface area contributed by atoms with Gasteiger partial charge in [-0.1, -0.05) is 39.8 Å². The van der Waals surface area contributed by atoms with Crippen molar-refractivity contribution in [2.75, 3.05) is 6.61 Å². The van der Waals surface area contributed by atoms with Crippen molar-refractivity contribution in [1.82, 2.24) is 0 Å². The number of hydrogen-bond donors (Lipinski definition) is 1. The van der Waals surface area contributed by atoms with Crippen molar-refractivity contribution in [3.63, 3.8) is 0 Å². The quantitative estimate of drug-likeness (QED) is 0.885. The second-order valence-corrected chi connectivity index (χ2v) is 5.93. The Morgan fingerprint density at radius 1 is 1.15 bits per heavy atom. The zero-order valence-corrected chi connectivity index (χ0v) is 13.3. The van der Waals surface area contributed by atoms with Crippen LogP contribution in [0.15, 0.2) is 12.1 Å². The van der Waals surface area contributed by atoms with Gasteiger partial charge in [0.25, 0.3) is 0 Å². The van der Waals surface area contributed by atoms with Crippen LogP contribution in [0.5, 0.6) is 0 Å². The Hall–Kier alpha value is -0.860. The molecule has 1 fully saturated rings. The summed E-state index contributed by atoms with van der Waals surface area (Å²) in [6.07, 6.45) is 3.51. The average Bonchev–Trinajstić information content (AvgIpc) is 2.91. The summed E-state index contributed by atoms with van der Waals surface area (Å²) in [5.41, 5.74) is 5.08. The van der Waals surface area contributed by atoms with E-state index >= 15 is 0 Å². The van der Waals surface area contributed by atoms with Crippen LogP contribution in [-0.4, -0.2) is 17.8 Å². The van der Waals surface area contributed by atoms with E-state index in [9.17, 15) is 5.11 Å². The van der Waals surface area contributed by atoms with Crippen molar-refractivity contribution < 1.29 is 9.84 Å². The van der Waals surface area contributed by atoms with Gasteiger partial charge < -0.3 is 9.84 Å². The molecule has 1 heterocycles. The zero-order chi connectivity index (χ0) is 14.7. The molecule has 1 aliphatic rings. The molecule has 0 aromatic heterocycles. The number of hydrogen-bond acceptors (Lipinski definition) is 2. The maximum absolute atomic E-state index is 10.9. The summed E-state index contributed by atoms with van der Waals surface area (Å²) in [5, 5.41) is 10.9. The lowest BCUT2D eigenvalue weighted by molar-refractivity contribution is -0.0185. The highest BCUT2D eigenvalue weighted by molar-refractivity contribution is 5.41. The molecule has 2 rings (SSSR count). The van der Waals surface area contributed by atoms with E-state index in [1.807, 2.05) is 0 Å². The summed E-state index contributed by atoms with van der Waals surface area (Å²) in [4.78, 5) is 0. The van der Waals surface area contributed by atoms with E-state index in [2.05, 4.69) is 39.8 Å². The topological polar surface area (TPSA) is 29.5 Å². The molecule has 1 aliphatic heterocycles. The first-order chi connectivity index (χ1) is 9.62. The summed E-state index contributed by atoms with van der Waals surface area (Å²) in [6, 6.07) is 4.52. The maximum atomic E-state index is 10.9. The van der Waals surface area contributed by atoms with Gasteiger partial charge in [-0.3, -0.25) is 0 Å². The van der Waals surface area contributed by atoms with E-state index < -0.39 is 6.10 Å². The Morgan fingerprint density at radius 3 is 2.15 bits per heavy atom. The minimum atomic E-state index is -0.483. The van der Waals surface area contributed by atoms with Crippen LogP contribution in [0, 0.1) is 5.92 Å². The molecule has 2 heteroatoms. The summed E-state index contributed by atoms with van der Waals surface area (Å²) in [6.45, 7) is 9.48. The number of ether oxygens (including phenoxy) is 1. The van der Waals surface area contributed by atoms with Crippen LogP contribution in [-0.2, 0) is 24.0 Å². The predicted octanol–water partition coefficient (Wildman–Crippen LogP) is 3.83. The third-order valence-electron chi connectivity index (χ3n) is 4.63. The lowest BCUT2D eigenvalue weighted by Crippen LogP contribution is -2.25. The maximum Gasteiger partial charge on any atom is 0.106 e. The number of aryl methyl sites for hydroxylation is 3. The van der Waals surface area contributed by atoms with E-state index in [4.69, 9.17) is 4.74 Å². The van der Waals surface area contributed by atoms with Gasteiger partial charge in [-0.25, -0.2) is 0 Å². The zero-order valence-electron chi connectivity index (χ0n) is 13.3. The molecule has 0 amide bonds. The van der Waals surface area contributed by atoms with Gasteiger partial charge in [0.1, 0.15) is 6.10 Å². The summed E-state index contributed by atoms with van der Waals surface area (Å²) in [7, 11) is 0. The SMILES string of the molecule is CCc1cc(CC)c(C(O)C2OCCC2C)c(CC)c1. The fourth-order valence-corrected chi connectivity index (χ4v) is 3.31. The molecule has 3 atom stereocenters. The fraction of sp³-hybridized carbons (Fsp3) is 0.667. The number of aliphatic hydroxyl groups excluding tert-OH is 1. The Kier molecular flexibility index (Phi) is 5.22. The van der Waals surface area contributed by atoms with Crippen molar-refractivity contribution in [3.8, 4) is 0 Å². The van der Waals surface area contributed by atoms with Gasteiger partial charge in [0.2, 0.25) is 0 Å². The molecule has 3 unspecified atom stereocenters. The first-order valence-electron chi connectivity index (χ1n) is 8.06. The van der Waals surface area contributed by atoms with E-state index in [0.717, 1.165) is 37.9 Å². The molecule has 1 saturated heterocycles. The third-order valence-corrected chi connectivity index (χ3v) is 4.63. The van der Waals surface area contributed by atoms with Crippen molar-refractivity contribution in [1.29, 1.82) is 0 Å². The van der Waals surface area contributed by atoms with Crippen molar-refractivity contribution in [2.24, 2.45) is 5.92 Å². The molecule has 1 aromatic carbocycles. The van der Waals surface area contributed by atoms with Gasteiger partial charge in [0, 0.05) is 6.61 Å². The van der Waals surface area contributed by atoms with Crippen LogP contribution < -0.4 is 0 Å². The smallest absolute Gasteiger partial charge is 0.106 e. The van der Waals surface area contributed by atoms with Crippen LogP contribution in [0.1, 0.15) is 62.5 Å². The molecule has 0 spiro atoms. The highest BCUT2D eigenvalue weighted by atomic mass is 16.5. The molecule has 0 bridgehead atoms. The number of benzene rings is 1. The molecule has 1 aromatic rings. The lowest BCUT2D eigenvalue weighted by atomic mass is 9.86. The monoisotopic (exact) mass is 276 g/mol. The van der Waals surface area contributed by atoms with Crippen LogP contribution in [0.25, 0.3) is 0 Å². The Balaban J connectivity index is 2.42. The third kappa shape index (κ3) is 2.91. The standard InChI is InChI=1S/C18H28O2/c1-5-13-10-14(6-2)16(15(7-3)11-13)17(19)18-12(4)8-9-20-18/h10-12,17-19H,5-9H2,1-4H3. The second-order valence-electron chi connectivity index (χ2n) is 5.93. The molecule has 0 saturated carbocycles. The van der Waals surface area contributed by atoms with Gasteiger partial charge in [-0.05, 0) is 53.9 Å². The Bertz CT molecular complexity index is 428. The molecular weight excluding hydrogens is 248 g/mol. The molecule has 1 N–H and O–H groups in total. The van der Waals surface area contributed by atoms with Crippen molar-refractivity contribution >= 4 is 0 Å². The second kappa shape index (κ2) is 6.73. The molecule has 20 heavy (non-hydrogen) atoms. The molecular formula is C18H28O2. The normalized spacial score (nSPS) is 24.1. The Labute approximate surface area is 123 Å². The minimum Gasteiger partial charge on any atom is -0.386 e. The summed E-state index contributed by atoms with van der Waals surface area (Å²) in [5.74, 6) is 0.435. The summed E-state index contributed by atoms with van der Waals surface area (Å²) >= 11 is 0. The molecule has 2 nitrogen and oxygen atoms in total. The molecule has 0 radical (unpaired) electrons. The highest BCUT2D eigenvalue weighted by Gasteiger charge is 2.33. The minimum absolute atomic E-state index is 0.0434. The lowest BCUT2D eigenvalue weighted by Gasteiger charge is -2.26. The van der Waals surface area contributed by atoms with E-state index in [-0.39, 0.29) is 6.10 Å². The predicted molar refractivity (Wildman–Crippen MR) is 83.1 cm³/mol. The first kappa shape index (κ1) is 15.5. The molecule has 112 valence electrons. The van der Waals surface area contributed by atoms with Gasteiger partial charge in [-0.2, -0.15) is 0 Å².